The van der Waals surface area contributed by atoms with Crippen LogP contribution in [0.1, 0.15) is 32.3 Å². The molecule has 9 heteroatoms. The molecule has 0 fully saturated rings. The minimum absolute atomic E-state index is 0.0429. The molecule has 7 nitrogen and oxygen atoms in total. The van der Waals surface area contributed by atoms with Gasteiger partial charge in [-0.1, -0.05) is 26.0 Å². The van der Waals surface area contributed by atoms with Crippen LogP contribution in [0.25, 0.3) is 0 Å². The average molecular weight is 351 g/mol. The van der Waals surface area contributed by atoms with Crippen LogP contribution in [0.2, 0.25) is 0 Å². The molecule has 2 atom stereocenters. The molecule has 0 bridgehead atoms. The van der Waals surface area contributed by atoms with E-state index in [0.29, 0.717) is 5.69 Å². The molecule has 0 spiro atoms. The molecule has 0 saturated carbocycles. The largest absolute Gasteiger partial charge is 0.334 e. The molecule has 0 aliphatic carbocycles. The normalized spacial score (nSPS) is 15.3. The number of aryl methyl sites for hydroxylation is 1. The van der Waals surface area contributed by atoms with Gasteiger partial charge in [-0.05, 0) is 37.5 Å². The predicted molar refractivity (Wildman–Crippen MR) is 84.9 cm³/mol. The highest BCUT2D eigenvalue weighted by Crippen LogP contribution is 2.28. The van der Waals surface area contributed by atoms with Gasteiger partial charge in [-0.25, -0.2) is 0 Å². The highest BCUT2D eigenvalue weighted by atomic mass is 32.2. The zero-order chi connectivity index (χ0) is 17.1. The maximum atomic E-state index is 11.6. The summed E-state index contributed by atoms with van der Waals surface area (Å²) in [7, 11) is -9.08. The lowest BCUT2D eigenvalue weighted by molar-refractivity contribution is 0.439. The lowest BCUT2D eigenvalue weighted by Crippen LogP contribution is -2.50. The van der Waals surface area contributed by atoms with E-state index in [1.807, 2.05) is 0 Å². The van der Waals surface area contributed by atoms with E-state index in [4.69, 9.17) is 0 Å². The topological polar surface area (TPSA) is 112 Å². The van der Waals surface area contributed by atoms with Crippen molar-refractivity contribution < 1.29 is 25.9 Å². The fourth-order valence-electron chi connectivity index (χ4n) is 2.41. The number of benzene rings is 1. The predicted octanol–water partition coefficient (Wildman–Crippen LogP) is 2.05. The van der Waals surface area contributed by atoms with E-state index < -0.39 is 31.0 Å². The maximum absolute atomic E-state index is 11.6. The van der Waals surface area contributed by atoms with Gasteiger partial charge in [-0.3, -0.25) is 9.11 Å². The van der Waals surface area contributed by atoms with E-state index in [-0.39, 0.29) is 12.8 Å². The summed E-state index contributed by atoms with van der Waals surface area (Å²) in [4.78, 5) is 1.04. The van der Waals surface area contributed by atoms with E-state index in [1.54, 1.807) is 25.1 Å². The molecule has 0 aliphatic rings. The van der Waals surface area contributed by atoms with Crippen molar-refractivity contribution in [1.29, 1.82) is 0 Å². The standard InChI is InChI=1S/C13H21NO6S2/c1-4-12(21(15,16)17)14(13(5-2)22(18,19)20)11-8-6-7-10(3)9-11/h6-9,12-13H,4-5H2,1-3H3,(H,15,16,17)(H,18,19,20). The number of nitrogens with zero attached hydrogens (tertiary/aromatic N) is 1. The van der Waals surface area contributed by atoms with Crippen LogP contribution in [-0.4, -0.2) is 36.7 Å². The summed E-state index contributed by atoms with van der Waals surface area (Å²) < 4.78 is 65.5. The molecule has 0 heterocycles. The van der Waals surface area contributed by atoms with Gasteiger partial charge in [0.2, 0.25) is 0 Å². The summed E-state index contributed by atoms with van der Waals surface area (Å²) in [6.07, 6.45) is -0.0857. The second-order valence-electron chi connectivity index (χ2n) is 5.00. The molecule has 126 valence electrons. The molecule has 2 N–H and O–H groups in total. The quantitative estimate of drug-likeness (QED) is 0.723. The molecule has 2 unspecified atom stereocenters. The van der Waals surface area contributed by atoms with Crippen LogP contribution in [-0.2, 0) is 20.2 Å². The van der Waals surface area contributed by atoms with Gasteiger partial charge >= 0.3 is 0 Å². The first-order chi connectivity index (χ1) is 10.0. The number of hydrogen-bond acceptors (Lipinski definition) is 5. The van der Waals surface area contributed by atoms with Crippen LogP contribution >= 0.6 is 0 Å². The summed E-state index contributed by atoms with van der Waals surface area (Å²) in [6.45, 7) is 4.79. The maximum Gasteiger partial charge on any atom is 0.286 e. The fraction of sp³-hybridized carbons (Fsp3) is 0.538. The van der Waals surface area contributed by atoms with Crippen molar-refractivity contribution in [2.75, 3.05) is 4.90 Å². The molecule has 0 amide bonds. The van der Waals surface area contributed by atoms with E-state index in [1.165, 1.54) is 19.9 Å². The molecule has 0 aliphatic heterocycles. The Morgan fingerprint density at radius 2 is 1.45 bits per heavy atom. The molecule has 0 radical (unpaired) electrons. The SMILES string of the molecule is CCC(N(c1cccc(C)c1)C(CC)S(=O)(=O)O)S(=O)(=O)O. The number of hydrogen-bond donors (Lipinski definition) is 2. The summed E-state index contributed by atoms with van der Waals surface area (Å²) in [5.74, 6) is 0. The van der Waals surface area contributed by atoms with Crippen LogP contribution in [0.15, 0.2) is 24.3 Å². The van der Waals surface area contributed by atoms with E-state index in [0.717, 1.165) is 10.5 Å². The third-order valence-electron chi connectivity index (χ3n) is 3.31. The summed E-state index contributed by atoms with van der Waals surface area (Å²) in [5, 5.41) is -2.94. The average Bonchev–Trinajstić information content (AvgIpc) is 2.35. The van der Waals surface area contributed by atoms with Crippen LogP contribution in [0.4, 0.5) is 5.69 Å². The van der Waals surface area contributed by atoms with Crippen molar-refractivity contribution >= 4 is 25.9 Å². The first kappa shape index (κ1) is 18.9. The molecule has 0 saturated heterocycles. The van der Waals surface area contributed by atoms with Gasteiger partial charge in [0.05, 0.1) is 0 Å². The minimum Gasteiger partial charge on any atom is -0.334 e. The molecule has 1 aromatic carbocycles. The molecular weight excluding hydrogens is 330 g/mol. The Kier molecular flexibility index (Phi) is 5.96. The zero-order valence-electron chi connectivity index (χ0n) is 12.7. The third kappa shape index (κ3) is 4.42. The first-order valence-electron chi connectivity index (χ1n) is 6.80. The Labute approximate surface area is 131 Å². The van der Waals surface area contributed by atoms with E-state index >= 15 is 0 Å². The molecule has 1 aromatic rings. The smallest absolute Gasteiger partial charge is 0.286 e. The first-order valence-corrected chi connectivity index (χ1v) is 9.80. The van der Waals surface area contributed by atoms with Crippen LogP contribution in [0.3, 0.4) is 0 Å². The van der Waals surface area contributed by atoms with Crippen molar-refractivity contribution in [2.24, 2.45) is 0 Å². The number of anilines is 1. The lowest BCUT2D eigenvalue weighted by Gasteiger charge is -2.36. The van der Waals surface area contributed by atoms with Gasteiger partial charge in [-0.2, -0.15) is 16.8 Å². The fourth-order valence-corrected chi connectivity index (χ4v) is 4.44. The van der Waals surface area contributed by atoms with Gasteiger partial charge in [-0.15, -0.1) is 0 Å². The van der Waals surface area contributed by atoms with Crippen molar-refractivity contribution in [3.8, 4) is 0 Å². The Hall–Kier alpha value is -1.16. The number of rotatable bonds is 7. The Morgan fingerprint density at radius 3 is 1.77 bits per heavy atom. The van der Waals surface area contributed by atoms with E-state index in [2.05, 4.69) is 0 Å². The second kappa shape index (κ2) is 6.95. The van der Waals surface area contributed by atoms with Crippen molar-refractivity contribution in [1.82, 2.24) is 0 Å². The Bertz CT molecular complexity index is 674. The molecular formula is C13H21NO6S2. The van der Waals surface area contributed by atoms with Gasteiger partial charge in [0.15, 0.2) is 10.7 Å². The summed E-state index contributed by atoms with van der Waals surface area (Å²) >= 11 is 0. The van der Waals surface area contributed by atoms with Gasteiger partial charge in [0.25, 0.3) is 20.2 Å². The molecule has 22 heavy (non-hydrogen) atoms. The molecule has 1 rings (SSSR count). The van der Waals surface area contributed by atoms with Gasteiger partial charge in [0, 0.05) is 5.69 Å². The monoisotopic (exact) mass is 351 g/mol. The van der Waals surface area contributed by atoms with Crippen molar-refractivity contribution in [3.05, 3.63) is 29.8 Å². The van der Waals surface area contributed by atoms with Crippen LogP contribution in [0.5, 0.6) is 0 Å². The molecule has 0 aromatic heterocycles. The highest BCUT2D eigenvalue weighted by Gasteiger charge is 2.38. The minimum atomic E-state index is -4.54. The van der Waals surface area contributed by atoms with E-state index in [9.17, 15) is 25.9 Å². The summed E-state index contributed by atoms with van der Waals surface area (Å²) in [6, 6.07) is 6.55. The summed E-state index contributed by atoms with van der Waals surface area (Å²) in [5.41, 5.74) is 1.09. The van der Waals surface area contributed by atoms with Crippen molar-refractivity contribution in [3.63, 3.8) is 0 Å². The lowest BCUT2D eigenvalue weighted by atomic mass is 10.2. The Morgan fingerprint density at radius 1 is 1.00 bits per heavy atom. The van der Waals surface area contributed by atoms with Gasteiger partial charge in [0.1, 0.15) is 0 Å². The van der Waals surface area contributed by atoms with Crippen LogP contribution in [0, 0.1) is 6.92 Å². The zero-order valence-corrected chi connectivity index (χ0v) is 14.3. The second-order valence-corrected chi connectivity index (χ2v) is 8.15. The Balaban J connectivity index is 3.57. The highest BCUT2D eigenvalue weighted by molar-refractivity contribution is 7.87. The van der Waals surface area contributed by atoms with Crippen molar-refractivity contribution in [2.45, 2.75) is 44.4 Å². The van der Waals surface area contributed by atoms with Gasteiger partial charge < -0.3 is 4.90 Å². The third-order valence-corrected chi connectivity index (χ3v) is 5.80. The van der Waals surface area contributed by atoms with Crippen LogP contribution < -0.4 is 4.90 Å².